The Labute approximate surface area is 94.6 Å². The van der Waals surface area contributed by atoms with Crippen molar-refractivity contribution in [1.82, 2.24) is 9.80 Å². The third-order valence-corrected chi connectivity index (χ3v) is 3.45. The molecule has 1 aliphatic rings. The van der Waals surface area contributed by atoms with Crippen molar-refractivity contribution in [2.24, 2.45) is 5.73 Å². The van der Waals surface area contributed by atoms with E-state index in [9.17, 15) is 0 Å². The van der Waals surface area contributed by atoms with Gasteiger partial charge >= 0.3 is 0 Å². The summed E-state index contributed by atoms with van der Waals surface area (Å²) >= 11 is 0. The first-order chi connectivity index (χ1) is 6.95. The van der Waals surface area contributed by atoms with Crippen LogP contribution in [0.15, 0.2) is 0 Å². The highest BCUT2D eigenvalue weighted by Gasteiger charge is 2.29. The van der Waals surface area contributed by atoms with E-state index in [4.69, 9.17) is 5.73 Å². The van der Waals surface area contributed by atoms with E-state index in [1.54, 1.807) is 0 Å². The molecule has 0 spiro atoms. The third-order valence-electron chi connectivity index (χ3n) is 3.45. The molecule has 1 rings (SSSR count). The van der Waals surface area contributed by atoms with E-state index in [2.05, 4.69) is 37.6 Å². The third kappa shape index (κ3) is 3.74. The van der Waals surface area contributed by atoms with Gasteiger partial charge in [0.05, 0.1) is 0 Å². The normalized spacial score (nSPS) is 24.8. The summed E-state index contributed by atoms with van der Waals surface area (Å²) in [6.07, 6.45) is 2.64. The summed E-state index contributed by atoms with van der Waals surface area (Å²) in [7, 11) is 2.20. The van der Waals surface area contributed by atoms with Crippen LogP contribution in [0.3, 0.4) is 0 Å². The maximum atomic E-state index is 5.60. The summed E-state index contributed by atoms with van der Waals surface area (Å²) in [5.74, 6) is 0. The number of hydrogen-bond acceptors (Lipinski definition) is 3. The molecule has 0 aromatic carbocycles. The van der Waals surface area contributed by atoms with Crippen molar-refractivity contribution >= 4 is 0 Å². The first kappa shape index (κ1) is 12.9. The maximum Gasteiger partial charge on any atom is 0.0221 e. The fraction of sp³-hybridized carbons (Fsp3) is 1.00. The van der Waals surface area contributed by atoms with Crippen molar-refractivity contribution < 1.29 is 0 Å². The van der Waals surface area contributed by atoms with Gasteiger partial charge in [0.15, 0.2) is 0 Å². The predicted octanol–water partition coefficient (Wildman–Crippen LogP) is 1.14. The fourth-order valence-electron chi connectivity index (χ4n) is 2.31. The Bertz CT molecular complexity index is 186. The first-order valence-electron chi connectivity index (χ1n) is 6.10. The SMILES string of the molecule is CN(CCN)C1CCCN(C(C)(C)C)C1. The zero-order valence-corrected chi connectivity index (χ0v) is 10.8. The molecule has 90 valence electrons. The molecule has 2 N–H and O–H groups in total. The van der Waals surface area contributed by atoms with Crippen molar-refractivity contribution in [3.63, 3.8) is 0 Å². The predicted molar refractivity (Wildman–Crippen MR) is 66.0 cm³/mol. The molecule has 0 amide bonds. The van der Waals surface area contributed by atoms with Crippen LogP contribution in [0.4, 0.5) is 0 Å². The van der Waals surface area contributed by atoms with Crippen LogP contribution in [-0.4, -0.2) is 54.6 Å². The number of likely N-dealkylation sites (tertiary alicyclic amines) is 1. The van der Waals surface area contributed by atoms with Crippen molar-refractivity contribution in [3.05, 3.63) is 0 Å². The van der Waals surface area contributed by atoms with Crippen LogP contribution >= 0.6 is 0 Å². The lowest BCUT2D eigenvalue weighted by Crippen LogP contribution is -2.53. The van der Waals surface area contributed by atoms with Crippen LogP contribution in [0.2, 0.25) is 0 Å². The number of hydrogen-bond donors (Lipinski definition) is 1. The van der Waals surface area contributed by atoms with Gasteiger partial charge in [-0.2, -0.15) is 0 Å². The molecule has 1 unspecified atom stereocenters. The van der Waals surface area contributed by atoms with Crippen molar-refractivity contribution in [1.29, 1.82) is 0 Å². The Kier molecular flexibility index (Phi) is 4.56. The summed E-state index contributed by atoms with van der Waals surface area (Å²) in [4.78, 5) is 5.01. The molecule has 0 radical (unpaired) electrons. The number of likely N-dealkylation sites (N-methyl/N-ethyl adjacent to an activating group) is 1. The summed E-state index contributed by atoms with van der Waals surface area (Å²) in [6, 6.07) is 0.696. The average molecular weight is 213 g/mol. The molecule has 1 fully saturated rings. The Hall–Kier alpha value is -0.120. The van der Waals surface area contributed by atoms with Crippen LogP contribution in [0.1, 0.15) is 33.6 Å². The quantitative estimate of drug-likeness (QED) is 0.763. The Morgan fingerprint density at radius 2 is 2.07 bits per heavy atom. The van der Waals surface area contributed by atoms with Crippen LogP contribution in [-0.2, 0) is 0 Å². The molecule has 0 aromatic heterocycles. The highest BCUT2D eigenvalue weighted by atomic mass is 15.2. The number of nitrogens with two attached hydrogens (primary N) is 1. The molecule has 3 heteroatoms. The lowest BCUT2D eigenvalue weighted by molar-refractivity contribution is 0.0543. The molecular weight excluding hydrogens is 186 g/mol. The lowest BCUT2D eigenvalue weighted by atomic mass is 9.97. The topological polar surface area (TPSA) is 32.5 Å². The van der Waals surface area contributed by atoms with Crippen LogP contribution in [0.5, 0.6) is 0 Å². The summed E-state index contributed by atoms with van der Waals surface area (Å²) in [6.45, 7) is 11.1. The van der Waals surface area contributed by atoms with E-state index in [0.29, 0.717) is 11.6 Å². The second kappa shape index (κ2) is 5.28. The fourth-order valence-corrected chi connectivity index (χ4v) is 2.31. The monoisotopic (exact) mass is 213 g/mol. The minimum atomic E-state index is 0.308. The van der Waals surface area contributed by atoms with Gasteiger partial charge < -0.3 is 10.6 Å². The van der Waals surface area contributed by atoms with E-state index in [1.165, 1.54) is 25.9 Å². The van der Waals surface area contributed by atoms with E-state index in [0.717, 1.165) is 13.1 Å². The summed E-state index contributed by atoms with van der Waals surface area (Å²) in [5, 5.41) is 0. The minimum Gasteiger partial charge on any atom is -0.329 e. The molecule has 3 nitrogen and oxygen atoms in total. The van der Waals surface area contributed by atoms with Gasteiger partial charge in [0.25, 0.3) is 0 Å². The zero-order chi connectivity index (χ0) is 11.5. The molecule has 1 saturated heterocycles. The molecular formula is C12H27N3. The largest absolute Gasteiger partial charge is 0.329 e. The highest BCUT2D eigenvalue weighted by Crippen LogP contribution is 2.22. The van der Waals surface area contributed by atoms with Gasteiger partial charge in [0, 0.05) is 31.2 Å². The van der Waals surface area contributed by atoms with E-state index < -0.39 is 0 Å². The van der Waals surface area contributed by atoms with Gasteiger partial charge in [-0.05, 0) is 47.2 Å². The molecule has 15 heavy (non-hydrogen) atoms. The van der Waals surface area contributed by atoms with E-state index in [1.807, 2.05) is 0 Å². The van der Waals surface area contributed by atoms with Gasteiger partial charge in [0.2, 0.25) is 0 Å². The molecule has 0 aliphatic carbocycles. The van der Waals surface area contributed by atoms with Crippen LogP contribution in [0, 0.1) is 0 Å². The molecule has 0 bridgehead atoms. The Morgan fingerprint density at radius 1 is 1.40 bits per heavy atom. The van der Waals surface area contributed by atoms with Crippen molar-refractivity contribution in [3.8, 4) is 0 Å². The molecule has 0 aromatic rings. The van der Waals surface area contributed by atoms with Crippen molar-refractivity contribution in [2.75, 3.05) is 33.2 Å². The van der Waals surface area contributed by atoms with Gasteiger partial charge in [-0.1, -0.05) is 0 Å². The zero-order valence-electron chi connectivity index (χ0n) is 10.8. The lowest BCUT2D eigenvalue weighted by Gasteiger charge is -2.44. The number of piperidine rings is 1. The van der Waals surface area contributed by atoms with Gasteiger partial charge in [-0.25, -0.2) is 0 Å². The Morgan fingerprint density at radius 3 is 2.60 bits per heavy atom. The van der Waals surface area contributed by atoms with Gasteiger partial charge in [-0.3, -0.25) is 4.90 Å². The number of rotatable bonds is 3. The molecule has 1 atom stereocenters. The highest BCUT2D eigenvalue weighted by molar-refractivity contribution is 4.86. The molecule has 1 heterocycles. The minimum absolute atomic E-state index is 0.308. The summed E-state index contributed by atoms with van der Waals surface area (Å²) < 4.78 is 0. The van der Waals surface area contributed by atoms with Crippen molar-refractivity contribution in [2.45, 2.75) is 45.2 Å². The second-order valence-corrected chi connectivity index (χ2v) is 5.68. The smallest absolute Gasteiger partial charge is 0.0221 e. The van der Waals surface area contributed by atoms with E-state index >= 15 is 0 Å². The summed E-state index contributed by atoms with van der Waals surface area (Å²) in [5.41, 5.74) is 5.91. The Balaban J connectivity index is 2.48. The first-order valence-corrected chi connectivity index (χ1v) is 6.10. The second-order valence-electron chi connectivity index (χ2n) is 5.68. The standard InChI is InChI=1S/C12H27N3/c1-12(2,3)15-8-5-6-11(10-15)14(4)9-7-13/h11H,5-10,13H2,1-4H3. The van der Waals surface area contributed by atoms with Crippen LogP contribution in [0.25, 0.3) is 0 Å². The average Bonchev–Trinajstić information content (AvgIpc) is 2.17. The molecule has 0 saturated carbocycles. The van der Waals surface area contributed by atoms with Gasteiger partial charge in [0.1, 0.15) is 0 Å². The van der Waals surface area contributed by atoms with Gasteiger partial charge in [-0.15, -0.1) is 0 Å². The van der Waals surface area contributed by atoms with E-state index in [-0.39, 0.29) is 0 Å². The van der Waals surface area contributed by atoms with Crippen LogP contribution < -0.4 is 5.73 Å². The maximum absolute atomic E-state index is 5.60. The molecule has 1 aliphatic heterocycles. The number of nitrogens with zero attached hydrogens (tertiary/aromatic N) is 2.